The van der Waals surface area contributed by atoms with Gasteiger partial charge in [0, 0.05) is 59.9 Å². The molecule has 2 fully saturated rings. The molecule has 5 aliphatic rings. The largest absolute Gasteiger partial charge is 0.497 e. The number of hydrogen-bond acceptors (Lipinski definition) is 12. The maximum absolute atomic E-state index is 6.27. The van der Waals surface area contributed by atoms with Crippen molar-refractivity contribution in [2.45, 2.75) is 178 Å². The van der Waals surface area contributed by atoms with E-state index < -0.39 is 0 Å². The second-order valence-corrected chi connectivity index (χ2v) is 25.2. The highest BCUT2D eigenvalue weighted by molar-refractivity contribution is 5.47. The first kappa shape index (κ1) is 62.7. The van der Waals surface area contributed by atoms with Crippen LogP contribution >= 0.6 is 0 Å². The van der Waals surface area contributed by atoms with Crippen molar-refractivity contribution >= 4 is 0 Å². The monoisotopic (exact) mass is 1110 g/mol. The molecular weight excluding hydrogens is 1000 g/mol. The van der Waals surface area contributed by atoms with Gasteiger partial charge in [0.25, 0.3) is 0 Å². The van der Waals surface area contributed by atoms with E-state index in [1.807, 2.05) is 0 Å². The fourth-order valence-corrected chi connectivity index (χ4v) is 15.7. The van der Waals surface area contributed by atoms with Crippen LogP contribution in [0.3, 0.4) is 0 Å². The van der Waals surface area contributed by atoms with Crippen molar-refractivity contribution in [1.29, 1.82) is 0 Å². The molecule has 0 aromatic heterocycles. The second kappa shape index (κ2) is 31.6. The average Bonchev–Trinajstić information content (AvgIpc) is 3.66. The molecule has 3 aromatic carbocycles. The number of benzene rings is 3. The Morgan fingerprint density at radius 3 is 1.30 bits per heavy atom. The highest BCUT2D eigenvalue weighted by Gasteiger charge is 2.48. The van der Waals surface area contributed by atoms with Crippen molar-refractivity contribution in [3.63, 3.8) is 0 Å². The van der Waals surface area contributed by atoms with Gasteiger partial charge >= 0.3 is 0 Å². The molecule has 8 rings (SSSR count). The summed E-state index contributed by atoms with van der Waals surface area (Å²) in [6.45, 7) is 21.2. The lowest BCUT2D eigenvalue weighted by molar-refractivity contribution is -0.0369. The second-order valence-electron chi connectivity index (χ2n) is 25.2. The molecule has 9 atom stereocenters. The highest BCUT2D eigenvalue weighted by Crippen LogP contribution is 2.50. The van der Waals surface area contributed by atoms with Gasteiger partial charge in [-0.1, -0.05) is 104 Å². The van der Waals surface area contributed by atoms with E-state index in [2.05, 4.69) is 105 Å². The summed E-state index contributed by atoms with van der Waals surface area (Å²) in [5.41, 5.74) is 9.02. The van der Waals surface area contributed by atoms with E-state index in [-0.39, 0.29) is 22.2 Å². The standard InChI is InChI=1S/C68H107N3O9/c1-9-17-54-41-51-20-23-57(72-6)44-60(51)66(3,26-10-2)63(54)69-29-32-75-35-38-78-47-50(48-79-39-36-76-33-30-70-64-55-18-13-11-15-27-67(64,4)61-45-58(73-7)24-21-52(61)42-55)49-80-40-37-77-34-31-71-65-56-19-14-12-16-28-68(65,5)62-46-59(74-8)25-22-53(62)43-56/h20-25,44-46,50,54-56,63-65,69-71H,9-19,26-43,47-49H2,1-8H3/t54-,55-,56-,63-,64-,65-,66+,67+,68+/m0/s1. The summed E-state index contributed by atoms with van der Waals surface area (Å²) in [5.74, 6) is 4.77. The molecule has 0 aliphatic heterocycles. The van der Waals surface area contributed by atoms with Crippen LogP contribution < -0.4 is 30.2 Å². The first-order valence-corrected chi connectivity index (χ1v) is 31.8. The Hall–Kier alpha value is -3.30. The highest BCUT2D eigenvalue weighted by atomic mass is 16.5. The van der Waals surface area contributed by atoms with E-state index in [0.29, 0.717) is 115 Å². The van der Waals surface area contributed by atoms with Crippen molar-refractivity contribution in [2.75, 3.05) is 120 Å². The van der Waals surface area contributed by atoms with Crippen molar-refractivity contribution in [3.05, 3.63) is 88.0 Å². The lowest BCUT2D eigenvalue weighted by Crippen LogP contribution is -2.56. The number of hydrogen-bond donors (Lipinski definition) is 3. The zero-order chi connectivity index (χ0) is 56.2. The van der Waals surface area contributed by atoms with Gasteiger partial charge in [0.05, 0.1) is 101 Å². The molecule has 0 spiro atoms. The minimum absolute atomic E-state index is 0.0242. The third-order valence-corrected chi connectivity index (χ3v) is 19.7. The van der Waals surface area contributed by atoms with Gasteiger partial charge in [-0.2, -0.15) is 0 Å². The predicted molar refractivity (Wildman–Crippen MR) is 322 cm³/mol. The van der Waals surface area contributed by atoms with Crippen molar-refractivity contribution < 1.29 is 42.6 Å². The lowest BCUT2D eigenvalue weighted by Gasteiger charge is -2.49. The van der Waals surface area contributed by atoms with Crippen LogP contribution in [0.15, 0.2) is 54.6 Å². The summed E-state index contributed by atoms with van der Waals surface area (Å²) in [6.07, 6.45) is 20.7. The zero-order valence-corrected chi connectivity index (χ0v) is 51.0. The lowest BCUT2D eigenvalue weighted by atomic mass is 9.59. The van der Waals surface area contributed by atoms with Gasteiger partial charge < -0.3 is 58.6 Å². The van der Waals surface area contributed by atoms with Crippen LogP contribution in [0.2, 0.25) is 0 Å². The predicted octanol–water partition coefficient (Wildman–Crippen LogP) is 11.5. The first-order chi connectivity index (χ1) is 39.1. The van der Waals surface area contributed by atoms with Crippen LogP contribution in [0.4, 0.5) is 0 Å². The van der Waals surface area contributed by atoms with Crippen LogP contribution in [-0.4, -0.2) is 138 Å². The van der Waals surface area contributed by atoms with Crippen LogP contribution in [-0.2, 0) is 63.9 Å². The Morgan fingerprint density at radius 1 is 0.463 bits per heavy atom. The molecule has 3 aromatic rings. The third kappa shape index (κ3) is 15.9. The van der Waals surface area contributed by atoms with Crippen LogP contribution in [0.5, 0.6) is 17.2 Å². The molecule has 448 valence electrons. The Morgan fingerprint density at radius 2 is 0.875 bits per heavy atom. The molecule has 12 nitrogen and oxygen atoms in total. The molecular formula is C68H107N3O9. The van der Waals surface area contributed by atoms with E-state index in [4.69, 9.17) is 42.6 Å². The van der Waals surface area contributed by atoms with E-state index in [9.17, 15) is 0 Å². The van der Waals surface area contributed by atoms with Gasteiger partial charge in [-0.05, 0) is 145 Å². The van der Waals surface area contributed by atoms with Gasteiger partial charge in [0.1, 0.15) is 17.2 Å². The summed E-state index contributed by atoms with van der Waals surface area (Å²) in [7, 11) is 5.33. The molecule has 3 N–H and O–H groups in total. The fourth-order valence-electron chi connectivity index (χ4n) is 15.7. The minimum Gasteiger partial charge on any atom is -0.497 e. The number of nitrogens with one attached hydrogen (secondary N) is 3. The molecule has 5 aliphatic carbocycles. The molecule has 0 heterocycles. The Kier molecular flexibility index (Phi) is 24.7. The van der Waals surface area contributed by atoms with Gasteiger partial charge in [-0.25, -0.2) is 0 Å². The van der Waals surface area contributed by atoms with E-state index >= 15 is 0 Å². The van der Waals surface area contributed by atoms with Crippen molar-refractivity contribution in [2.24, 2.45) is 23.7 Å². The van der Waals surface area contributed by atoms with Crippen LogP contribution in [0.1, 0.15) is 158 Å². The third-order valence-electron chi connectivity index (χ3n) is 19.7. The SMILES string of the molecule is CCC[C@H]1Cc2ccc(OC)cc2[C@@](C)(CCC)[C@H]1NCCOCCOCC(COCCOCCN[C@H]1[C@H]2CCCCC[C@]1(C)c1cc(OC)ccc1C2)COCCOCCN[C@H]1[C@H]2CCCCC[C@]1(C)c1cc(OC)ccc1C2. The molecule has 0 unspecified atom stereocenters. The summed E-state index contributed by atoms with van der Waals surface area (Å²) in [5, 5.41) is 12.0. The van der Waals surface area contributed by atoms with E-state index in [0.717, 1.165) is 69.0 Å². The van der Waals surface area contributed by atoms with Crippen molar-refractivity contribution in [3.8, 4) is 17.2 Å². The maximum atomic E-state index is 6.27. The van der Waals surface area contributed by atoms with Gasteiger partial charge in [-0.3, -0.25) is 0 Å². The average molecular weight is 1110 g/mol. The molecule has 12 heteroatoms. The van der Waals surface area contributed by atoms with E-state index in [1.165, 1.54) is 110 Å². The summed E-state index contributed by atoms with van der Waals surface area (Å²) < 4.78 is 54.5. The summed E-state index contributed by atoms with van der Waals surface area (Å²) in [4.78, 5) is 0. The minimum atomic E-state index is 0.0242. The Balaban J connectivity index is 0.770. The smallest absolute Gasteiger partial charge is 0.119 e. The zero-order valence-electron chi connectivity index (χ0n) is 51.0. The van der Waals surface area contributed by atoms with Gasteiger partial charge in [0.2, 0.25) is 0 Å². The van der Waals surface area contributed by atoms with Crippen molar-refractivity contribution in [1.82, 2.24) is 16.0 Å². The van der Waals surface area contributed by atoms with Crippen LogP contribution in [0, 0.1) is 23.7 Å². The normalized spacial score (nSPS) is 27.3. The number of methoxy groups -OCH3 is 3. The number of ether oxygens (including phenoxy) is 9. The Bertz CT molecular complexity index is 2190. The maximum Gasteiger partial charge on any atom is 0.119 e. The topological polar surface area (TPSA) is 119 Å². The number of fused-ring (bicyclic) bond motifs is 9. The van der Waals surface area contributed by atoms with Crippen LogP contribution in [0.25, 0.3) is 0 Å². The quantitative estimate of drug-likeness (QED) is 0.0494. The molecule has 0 amide bonds. The summed E-state index contributed by atoms with van der Waals surface area (Å²) >= 11 is 0. The molecule has 80 heavy (non-hydrogen) atoms. The molecule has 4 bridgehead atoms. The fraction of sp³-hybridized carbons (Fsp3) is 0.735. The first-order valence-electron chi connectivity index (χ1n) is 31.8. The molecule has 0 saturated heterocycles. The Labute approximate surface area is 483 Å². The molecule has 0 radical (unpaired) electrons. The van der Waals surface area contributed by atoms with Gasteiger partial charge in [-0.15, -0.1) is 0 Å². The molecule has 2 saturated carbocycles. The number of rotatable bonds is 34. The van der Waals surface area contributed by atoms with E-state index in [1.54, 1.807) is 21.3 Å². The summed E-state index contributed by atoms with van der Waals surface area (Å²) in [6, 6.07) is 21.4. The van der Waals surface area contributed by atoms with Gasteiger partial charge in [0.15, 0.2) is 0 Å².